The van der Waals surface area contributed by atoms with Crippen LogP contribution in [0, 0.1) is 0 Å². The summed E-state index contributed by atoms with van der Waals surface area (Å²) in [5.74, 6) is 0. The summed E-state index contributed by atoms with van der Waals surface area (Å²) in [5, 5.41) is 8.76. The van der Waals surface area contributed by atoms with E-state index in [1.807, 2.05) is 54.6 Å². The predicted molar refractivity (Wildman–Crippen MR) is 102 cm³/mol. The van der Waals surface area contributed by atoms with Gasteiger partial charge in [0, 0.05) is 5.39 Å². The number of nitrogens with zero attached hydrogens (tertiary/aromatic N) is 1. The van der Waals surface area contributed by atoms with Gasteiger partial charge in [0.15, 0.2) is 0 Å². The first-order valence-corrected chi connectivity index (χ1v) is 9.81. The molecule has 0 aliphatic carbocycles. The van der Waals surface area contributed by atoms with Crippen LogP contribution >= 0.6 is 7.60 Å². The Labute approximate surface area is 147 Å². The van der Waals surface area contributed by atoms with E-state index < -0.39 is 7.60 Å². The first kappa shape index (κ1) is 17.6. The summed E-state index contributed by atoms with van der Waals surface area (Å²) >= 11 is 0. The fourth-order valence-corrected chi connectivity index (χ4v) is 4.18. The maximum absolute atomic E-state index is 13.0. The fraction of sp³-hybridized carbons (Fsp3) is 0.211. The van der Waals surface area contributed by atoms with Crippen LogP contribution in [-0.2, 0) is 13.6 Å². The molecule has 2 aromatic carbocycles. The van der Waals surface area contributed by atoms with Gasteiger partial charge in [-0.2, -0.15) is 5.10 Å². The van der Waals surface area contributed by atoms with Crippen LogP contribution in [-0.4, -0.2) is 23.4 Å². The van der Waals surface area contributed by atoms with Gasteiger partial charge in [-0.1, -0.05) is 36.4 Å². The van der Waals surface area contributed by atoms with Crippen LogP contribution in [0.15, 0.2) is 48.5 Å². The van der Waals surface area contributed by atoms with Gasteiger partial charge in [-0.3, -0.25) is 9.66 Å². The molecule has 5 nitrogen and oxygen atoms in total. The van der Waals surface area contributed by atoms with E-state index in [1.165, 1.54) is 0 Å². The van der Waals surface area contributed by atoms with E-state index in [0.717, 1.165) is 22.2 Å². The van der Waals surface area contributed by atoms with E-state index in [9.17, 15) is 4.57 Å². The number of aromatic nitrogens is 2. The molecule has 0 radical (unpaired) electrons. The number of hydrogen-bond donors (Lipinski definition) is 1. The first-order valence-electron chi connectivity index (χ1n) is 8.27. The quantitative estimate of drug-likeness (QED) is 0.627. The molecule has 0 fully saturated rings. The molecule has 3 rings (SSSR count). The molecule has 1 heterocycles. The van der Waals surface area contributed by atoms with Gasteiger partial charge in [0.05, 0.1) is 29.7 Å². The van der Waals surface area contributed by atoms with Crippen molar-refractivity contribution in [1.29, 1.82) is 0 Å². The van der Waals surface area contributed by atoms with Crippen LogP contribution in [0.5, 0.6) is 0 Å². The number of fused-ring (bicyclic) bond motifs is 1. The molecule has 6 heteroatoms. The highest BCUT2D eigenvalue weighted by atomic mass is 31.2. The van der Waals surface area contributed by atoms with Crippen LogP contribution in [0.1, 0.15) is 25.1 Å². The Bertz CT molecular complexity index is 909. The molecule has 1 aromatic heterocycles. The minimum atomic E-state index is -3.31. The summed E-state index contributed by atoms with van der Waals surface area (Å²) in [7, 11) is -3.31. The number of hydrogen-bond acceptors (Lipinski definition) is 4. The van der Waals surface area contributed by atoms with Gasteiger partial charge in [-0.25, -0.2) is 0 Å². The molecule has 0 unspecified atom stereocenters. The van der Waals surface area contributed by atoms with E-state index in [1.54, 1.807) is 19.9 Å². The number of benzene rings is 2. The number of aromatic amines is 1. The molecule has 0 atom stereocenters. The highest BCUT2D eigenvalue weighted by molar-refractivity contribution is 7.62. The second-order valence-electron chi connectivity index (χ2n) is 5.42. The van der Waals surface area contributed by atoms with E-state index in [0.29, 0.717) is 18.5 Å². The zero-order valence-corrected chi connectivity index (χ0v) is 15.2. The van der Waals surface area contributed by atoms with Crippen molar-refractivity contribution >= 4 is 36.0 Å². The summed E-state index contributed by atoms with van der Waals surface area (Å²) in [6.45, 7) is 4.25. The maximum atomic E-state index is 13.0. The maximum Gasteiger partial charge on any atom is 0.361 e. The minimum Gasteiger partial charge on any atom is -0.305 e. The van der Waals surface area contributed by atoms with Crippen molar-refractivity contribution in [3.8, 4) is 0 Å². The van der Waals surface area contributed by atoms with Crippen LogP contribution in [0.4, 0.5) is 0 Å². The van der Waals surface area contributed by atoms with Gasteiger partial charge in [0.2, 0.25) is 0 Å². The third-order valence-corrected chi connectivity index (χ3v) is 5.83. The molecule has 0 spiro atoms. The summed E-state index contributed by atoms with van der Waals surface area (Å²) < 4.78 is 23.8. The fourth-order valence-electron chi connectivity index (χ4n) is 2.59. The highest BCUT2D eigenvalue weighted by Crippen LogP contribution is 2.47. The van der Waals surface area contributed by atoms with Gasteiger partial charge in [0.25, 0.3) is 0 Å². The van der Waals surface area contributed by atoms with Gasteiger partial charge >= 0.3 is 7.60 Å². The molecule has 3 aromatic rings. The molecule has 1 N–H and O–H groups in total. The standard InChI is InChI=1S/C19H21N2O3P/c1-3-23-25(22,24-4-2)16-11-13-19-17(14-16)18(20-21-19)12-10-15-8-6-5-7-9-15/h5-14H,3-4H2,1-2H3,(H,20,21). The molecular formula is C19H21N2O3P. The second kappa shape index (κ2) is 7.79. The second-order valence-corrected chi connectivity index (χ2v) is 7.44. The molecular weight excluding hydrogens is 335 g/mol. The third kappa shape index (κ3) is 3.90. The lowest BCUT2D eigenvalue weighted by Crippen LogP contribution is -2.10. The Morgan fingerprint density at radius 2 is 1.76 bits per heavy atom. The van der Waals surface area contributed by atoms with Crippen molar-refractivity contribution < 1.29 is 13.6 Å². The van der Waals surface area contributed by atoms with Gasteiger partial charge < -0.3 is 9.05 Å². The predicted octanol–water partition coefficient (Wildman–Crippen LogP) is 4.62. The minimum absolute atomic E-state index is 0.321. The van der Waals surface area contributed by atoms with Crippen molar-refractivity contribution in [2.24, 2.45) is 0 Å². The monoisotopic (exact) mass is 356 g/mol. The summed E-state index contributed by atoms with van der Waals surface area (Å²) in [6.07, 6.45) is 3.93. The van der Waals surface area contributed by atoms with Gasteiger partial charge in [-0.05, 0) is 43.7 Å². The number of rotatable bonds is 7. The topological polar surface area (TPSA) is 64.2 Å². The zero-order chi connectivity index (χ0) is 17.7. The Balaban J connectivity index is 1.99. The van der Waals surface area contributed by atoms with Crippen molar-refractivity contribution in [2.45, 2.75) is 13.8 Å². The number of nitrogens with one attached hydrogen (secondary N) is 1. The normalized spacial score (nSPS) is 12.2. The first-order chi connectivity index (χ1) is 12.2. The lowest BCUT2D eigenvalue weighted by Gasteiger charge is -2.17. The zero-order valence-electron chi connectivity index (χ0n) is 14.3. The van der Waals surface area contributed by atoms with Gasteiger partial charge in [-0.15, -0.1) is 0 Å². The molecule has 0 saturated carbocycles. The molecule has 0 aliphatic rings. The van der Waals surface area contributed by atoms with Crippen molar-refractivity contribution in [3.63, 3.8) is 0 Å². The van der Waals surface area contributed by atoms with E-state index in [4.69, 9.17) is 9.05 Å². The Kier molecular flexibility index (Phi) is 5.49. The van der Waals surface area contributed by atoms with E-state index in [-0.39, 0.29) is 0 Å². The molecule has 0 bridgehead atoms. The van der Waals surface area contributed by atoms with Crippen molar-refractivity contribution in [2.75, 3.05) is 13.2 Å². The Morgan fingerprint density at radius 1 is 1.04 bits per heavy atom. The summed E-state index contributed by atoms with van der Waals surface area (Å²) in [4.78, 5) is 0. The van der Waals surface area contributed by atoms with E-state index in [2.05, 4.69) is 10.2 Å². The molecule has 25 heavy (non-hydrogen) atoms. The van der Waals surface area contributed by atoms with Crippen molar-refractivity contribution in [3.05, 3.63) is 59.8 Å². The van der Waals surface area contributed by atoms with E-state index >= 15 is 0 Å². The molecule has 130 valence electrons. The average molecular weight is 356 g/mol. The highest BCUT2D eigenvalue weighted by Gasteiger charge is 2.27. The Hall–Kier alpha value is -2.20. The smallest absolute Gasteiger partial charge is 0.305 e. The molecule has 0 saturated heterocycles. The Morgan fingerprint density at radius 3 is 2.44 bits per heavy atom. The third-order valence-electron chi connectivity index (χ3n) is 3.72. The average Bonchev–Trinajstić information content (AvgIpc) is 3.03. The van der Waals surface area contributed by atoms with Gasteiger partial charge in [0.1, 0.15) is 0 Å². The van der Waals surface area contributed by atoms with Crippen LogP contribution in [0.3, 0.4) is 0 Å². The van der Waals surface area contributed by atoms with Crippen molar-refractivity contribution in [1.82, 2.24) is 10.2 Å². The SMILES string of the molecule is CCOP(=O)(OCC)c1ccc2[nH]nc(C=Cc3ccccc3)c2c1. The summed E-state index contributed by atoms with van der Waals surface area (Å²) in [6, 6.07) is 15.4. The lowest BCUT2D eigenvalue weighted by molar-refractivity contribution is 0.230. The lowest BCUT2D eigenvalue weighted by atomic mass is 10.1. The largest absolute Gasteiger partial charge is 0.361 e. The summed E-state index contributed by atoms with van der Waals surface area (Å²) in [5.41, 5.74) is 2.74. The molecule has 0 aliphatic heterocycles. The number of H-pyrrole nitrogens is 1. The van der Waals surface area contributed by atoms with Crippen LogP contribution in [0.2, 0.25) is 0 Å². The van der Waals surface area contributed by atoms with Crippen LogP contribution < -0.4 is 5.30 Å². The molecule has 0 amide bonds. The van der Waals surface area contributed by atoms with Crippen LogP contribution in [0.25, 0.3) is 23.1 Å².